The first-order valence-electron chi connectivity index (χ1n) is 5.12. The number of phenolic OH excluding ortho intramolecular Hbond substituents is 1. The zero-order chi connectivity index (χ0) is 15.4. The van der Waals surface area contributed by atoms with Crippen molar-refractivity contribution >= 4 is 17.3 Å². The Morgan fingerprint density at radius 2 is 1.75 bits per heavy atom. The molecule has 0 radical (unpaired) electrons. The molecule has 11 nitrogen and oxygen atoms in total. The van der Waals surface area contributed by atoms with E-state index in [1.807, 2.05) is 0 Å². The van der Waals surface area contributed by atoms with Gasteiger partial charge in [0, 0.05) is 12.1 Å². The Labute approximate surface area is 110 Å². The van der Waals surface area contributed by atoms with Gasteiger partial charge in [-0.15, -0.1) is 0 Å². The zero-order valence-corrected chi connectivity index (χ0v) is 9.85. The Balaban J connectivity index is 3.24. The van der Waals surface area contributed by atoms with Gasteiger partial charge in [0.2, 0.25) is 0 Å². The first-order chi connectivity index (χ1) is 9.27. The van der Waals surface area contributed by atoms with Crippen LogP contribution in [-0.4, -0.2) is 32.1 Å². The Morgan fingerprint density at radius 1 is 1.30 bits per heavy atom. The lowest BCUT2D eigenvalue weighted by Gasteiger charge is -2.09. The number of nitrogens with zero attached hydrogens (tertiary/aromatic N) is 2. The Bertz CT molecular complexity index is 538. The van der Waals surface area contributed by atoms with Crippen LogP contribution in [0.15, 0.2) is 12.1 Å². The van der Waals surface area contributed by atoms with E-state index in [0.717, 1.165) is 12.1 Å². The van der Waals surface area contributed by atoms with Crippen LogP contribution in [0.25, 0.3) is 0 Å². The van der Waals surface area contributed by atoms with Crippen molar-refractivity contribution in [1.29, 1.82) is 0 Å². The fourth-order valence-corrected chi connectivity index (χ4v) is 1.49. The molecule has 0 fully saturated rings. The van der Waals surface area contributed by atoms with Crippen LogP contribution in [0, 0.1) is 20.2 Å². The van der Waals surface area contributed by atoms with E-state index in [0.29, 0.717) is 0 Å². The molecule has 1 aromatic rings. The predicted molar refractivity (Wildman–Crippen MR) is 63.0 cm³/mol. The third kappa shape index (κ3) is 3.15. The molecule has 0 spiro atoms. The summed E-state index contributed by atoms with van der Waals surface area (Å²) in [5.74, 6) is -2.03. The number of nitrogens with two attached hydrogens (primary N) is 1. The van der Waals surface area contributed by atoms with E-state index in [2.05, 4.69) is 0 Å². The summed E-state index contributed by atoms with van der Waals surface area (Å²) in [6.45, 7) is 0. The molecule has 0 aliphatic rings. The Hall–Kier alpha value is -2.79. The number of hydrogen-bond donors (Lipinski definition) is 4. The van der Waals surface area contributed by atoms with Crippen molar-refractivity contribution in [3.05, 3.63) is 37.9 Å². The van der Waals surface area contributed by atoms with Crippen molar-refractivity contribution in [3.63, 3.8) is 0 Å². The van der Waals surface area contributed by atoms with Crippen molar-refractivity contribution in [2.75, 3.05) is 0 Å². The van der Waals surface area contributed by atoms with E-state index >= 15 is 0 Å². The first-order valence-corrected chi connectivity index (χ1v) is 5.12. The summed E-state index contributed by atoms with van der Waals surface area (Å²) in [4.78, 5) is 30.4. The van der Waals surface area contributed by atoms with Gasteiger partial charge in [0.1, 0.15) is 0 Å². The van der Waals surface area contributed by atoms with Gasteiger partial charge in [-0.05, 0) is 12.0 Å². The van der Waals surface area contributed by atoms with Crippen LogP contribution in [0.4, 0.5) is 11.4 Å². The van der Waals surface area contributed by atoms with E-state index in [9.17, 15) is 30.1 Å². The molecular weight excluding hydrogens is 276 g/mol. The normalized spacial score (nSPS) is 11.7. The number of hydrogen-bond acceptors (Lipinski definition) is 8. The number of nitro benzene ring substituents is 2. The van der Waals surface area contributed by atoms with Gasteiger partial charge < -0.3 is 10.8 Å². The second-order valence-electron chi connectivity index (χ2n) is 3.78. The molecule has 0 heterocycles. The smallest absolute Gasteiger partial charge is 0.318 e. The fourth-order valence-electron chi connectivity index (χ4n) is 1.49. The van der Waals surface area contributed by atoms with Crippen LogP contribution in [0.1, 0.15) is 5.56 Å². The van der Waals surface area contributed by atoms with Crippen molar-refractivity contribution in [2.45, 2.75) is 12.5 Å². The molecule has 0 aromatic heterocycles. The third-order valence-electron chi connectivity index (χ3n) is 2.43. The molecule has 0 saturated carbocycles. The maximum atomic E-state index is 11.0. The van der Waals surface area contributed by atoms with E-state index in [-0.39, 0.29) is 12.0 Å². The van der Waals surface area contributed by atoms with E-state index in [1.54, 1.807) is 0 Å². The summed E-state index contributed by atoms with van der Waals surface area (Å²) in [6.07, 6.45) is -0.297. The maximum Gasteiger partial charge on any atom is 0.318 e. The molecule has 5 N–H and O–H groups in total. The minimum Gasteiger partial charge on any atom is -0.497 e. The topological polar surface area (TPSA) is 182 Å². The molecule has 108 valence electrons. The van der Waals surface area contributed by atoms with Gasteiger partial charge in [0.25, 0.3) is 11.7 Å². The lowest BCUT2D eigenvalue weighted by Crippen LogP contribution is -2.40. The number of benzene rings is 1. The van der Waals surface area contributed by atoms with Crippen LogP contribution in [-0.2, 0) is 11.2 Å². The maximum absolute atomic E-state index is 11.0. The van der Waals surface area contributed by atoms with Crippen LogP contribution in [0.3, 0.4) is 0 Å². The summed E-state index contributed by atoms with van der Waals surface area (Å²) in [5, 5.41) is 39.2. The number of rotatable bonds is 5. The number of nitrogens with one attached hydrogen (secondary N) is 1. The summed E-state index contributed by atoms with van der Waals surface area (Å²) in [5.41, 5.74) is 4.92. The highest BCUT2D eigenvalue weighted by molar-refractivity contribution is 5.80. The highest BCUT2D eigenvalue weighted by Crippen LogP contribution is 2.36. The standard InChI is InChI=1S/C9H10N4O7/c10-5(9(15)11-16)1-4-2-6(12(17)18)8(14)7(3-4)13(19)20/h2-3,5,14,16H,1,10H2,(H,11,15). The average Bonchev–Trinajstić information content (AvgIpc) is 2.38. The molecule has 0 saturated heterocycles. The van der Waals surface area contributed by atoms with Crippen LogP contribution >= 0.6 is 0 Å². The van der Waals surface area contributed by atoms with Gasteiger partial charge >= 0.3 is 11.4 Å². The number of amides is 1. The van der Waals surface area contributed by atoms with Crippen LogP contribution < -0.4 is 11.2 Å². The highest BCUT2D eigenvalue weighted by atomic mass is 16.6. The molecule has 0 bridgehead atoms. The lowest BCUT2D eigenvalue weighted by atomic mass is 10.0. The average molecular weight is 286 g/mol. The molecule has 0 aliphatic heterocycles. The van der Waals surface area contributed by atoms with E-state index in [4.69, 9.17) is 10.9 Å². The predicted octanol–water partition coefficient (Wildman–Crippen LogP) is -0.416. The minimum atomic E-state index is -1.26. The highest BCUT2D eigenvalue weighted by Gasteiger charge is 2.27. The zero-order valence-electron chi connectivity index (χ0n) is 9.85. The van der Waals surface area contributed by atoms with Gasteiger partial charge in [0.15, 0.2) is 0 Å². The minimum absolute atomic E-state index is 0.00250. The molecule has 1 aromatic carbocycles. The Kier molecular flexibility index (Phi) is 4.50. The molecule has 11 heteroatoms. The van der Waals surface area contributed by atoms with Gasteiger partial charge in [0.05, 0.1) is 15.9 Å². The summed E-state index contributed by atoms with van der Waals surface area (Å²) < 4.78 is 0. The number of aromatic hydroxyl groups is 1. The third-order valence-corrected chi connectivity index (χ3v) is 2.43. The molecular formula is C9H10N4O7. The fraction of sp³-hybridized carbons (Fsp3) is 0.222. The van der Waals surface area contributed by atoms with Crippen LogP contribution in [0.5, 0.6) is 5.75 Å². The SMILES string of the molecule is NC(Cc1cc([N+](=O)[O-])c(O)c([N+](=O)[O-])c1)C(=O)NO. The van der Waals surface area contributed by atoms with Gasteiger partial charge in [-0.1, -0.05) is 0 Å². The molecule has 1 amide bonds. The molecule has 1 unspecified atom stereocenters. The number of hydroxylamine groups is 1. The van der Waals surface area contributed by atoms with Crippen molar-refractivity contribution in [1.82, 2.24) is 5.48 Å². The number of nitro groups is 2. The molecule has 1 rings (SSSR count). The van der Waals surface area contributed by atoms with Gasteiger partial charge in [-0.25, -0.2) is 5.48 Å². The molecule has 1 atom stereocenters. The number of phenols is 1. The van der Waals surface area contributed by atoms with Crippen molar-refractivity contribution in [2.24, 2.45) is 5.73 Å². The monoisotopic (exact) mass is 286 g/mol. The van der Waals surface area contributed by atoms with E-state index in [1.165, 1.54) is 5.48 Å². The summed E-state index contributed by atoms with van der Waals surface area (Å²) in [7, 11) is 0. The van der Waals surface area contributed by atoms with E-state index < -0.39 is 38.9 Å². The first kappa shape index (κ1) is 15.3. The number of carbonyl (C=O) groups excluding carboxylic acids is 1. The molecule has 20 heavy (non-hydrogen) atoms. The van der Waals surface area contributed by atoms with Gasteiger partial charge in [-0.3, -0.25) is 30.2 Å². The summed E-state index contributed by atoms with van der Waals surface area (Å²) in [6, 6.07) is 0.475. The molecule has 0 aliphatic carbocycles. The second kappa shape index (κ2) is 5.90. The van der Waals surface area contributed by atoms with Crippen LogP contribution in [0.2, 0.25) is 0 Å². The number of carbonyl (C=O) groups is 1. The largest absolute Gasteiger partial charge is 0.497 e. The Morgan fingerprint density at radius 3 is 2.10 bits per heavy atom. The van der Waals surface area contributed by atoms with Crippen molar-refractivity contribution in [3.8, 4) is 5.75 Å². The lowest BCUT2D eigenvalue weighted by molar-refractivity contribution is -0.396. The quantitative estimate of drug-likeness (QED) is 0.319. The summed E-state index contributed by atoms with van der Waals surface area (Å²) >= 11 is 0. The van der Waals surface area contributed by atoms with Gasteiger partial charge in [-0.2, -0.15) is 0 Å². The van der Waals surface area contributed by atoms with Crippen molar-refractivity contribution < 1.29 is 25.0 Å². The second-order valence-corrected chi connectivity index (χ2v) is 3.78.